The number of aromatic nitrogens is 2. The van der Waals surface area contributed by atoms with E-state index in [-0.39, 0.29) is 0 Å². The molecule has 1 fully saturated rings. The van der Waals surface area contributed by atoms with Gasteiger partial charge in [0, 0.05) is 12.3 Å². The molecule has 0 unspecified atom stereocenters. The maximum Gasteiger partial charge on any atom is 0.330 e. The van der Waals surface area contributed by atoms with Gasteiger partial charge in [-0.2, -0.15) is 0 Å². The molecule has 100 valence electrons. The molecule has 0 amide bonds. The van der Waals surface area contributed by atoms with Crippen LogP contribution in [0.4, 0.5) is 4.39 Å². The zero-order valence-corrected chi connectivity index (χ0v) is 9.54. The van der Waals surface area contributed by atoms with Gasteiger partial charge in [0.25, 0.3) is 5.56 Å². The number of nitrogens with zero attached hydrogens (tertiary/aromatic N) is 1. The fourth-order valence-corrected chi connectivity index (χ4v) is 1.98. The third kappa shape index (κ3) is 1.88. The quantitative estimate of drug-likeness (QED) is 0.601. The van der Waals surface area contributed by atoms with Crippen molar-refractivity contribution in [1.82, 2.24) is 9.55 Å². The van der Waals surface area contributed by atoms with Gasteiger partial charge in [-0.3, -0.25) is 14.3 Å². The van der Waals surface area contributed by atoms with E-state index >= 15 is 0 Å². The minimum atomic E-state index is -1.83. The molecule has 1 aliphatic rings. The number of alkyl halides is 1. The predicted octanol–water partition coefficient (Wildman–Crippen LogP) is -1.48. The van der Waals surface area contributed by atoms with E-state index in [1.54, 1.807) is 0 Å². The highest BCUT2D eigenvalue weighted by Crippen LogP contribution is 2.37. The number of H-pyrrole nitrogens is 1. The lowest BCUT2D eigenvalue weighted by Crippen LogP contribution is -2.46. The minimum absolute atomic E-state index is 0.600. The van der Waals surface area contributed by atoms with E-state index < -0.39 is 42.0 Å². The zero-order chi connectivity index (χ0) is 13.5. The molecule has 4 atom stereocenters. The summed E-state index contributed by atoms with van der Waals surface area (Å²) in [5, 5.41) is 19.8. The molecule has 0 bridgehead atoms. The van der Waals surface area contributed by atoms with Gasteiger partial charge in [-0.25, -0.2) is 9.18 Å². The van der Waals surface area contributed by atoms with Crippen molar-refractivity contribution in [2.24, 2.45) is 0 Å². The Morgan fingerprint density at radius 1 is 1.61 bits per heavy atom. The Balaban J connectivity index is 2.45. The third-order valence-corrected chi connectivity index (χ3v) is 3.01. The Kier molecular flexibility index (Phi) is 3.09. The summed E-state index contributed by atoms with van der Waals surface area (Å²) < 4.78 is 18.6. The van der Waals surface area contributed by atoms with Crippen molar-refractivity contribution < 1.29 is 19.3 Å². The summed E-state index contributed by atoms with van der Waals surface area (Å²) in [5.74, 6) is 0. The molecule has 7 nitrogen and oxygen atoms in total. The van der Waals surface area contributed by atoms with Gasteiger partial charge >= 0.3 is 5.69 Å². The first-order chi connectivity index (χ1) is 8.37. The number of hydrogen-bond acceptors (Lipinski definition) is 5. The number of aliphatic hydroxyl groups is 2. The Morgan fingerprint density at radius 2 is 2.28 bits per heavy atom. The molecule has 1 aromatic rings. The summed E-state index contributed by atoms with van der Waals surface area (Å²) in [5.41, 5.74) is -3.24. The van der Waals surface area contributed by atoms with Gasteiger partial charge in [0.2, 0.25) is 0 Å². The van der Waals surface area contributed by atoms with Crippen LogP contribution in [0.3, 0.4) is 0 Å². The van der Waals surface area contributed by atoms with Crippen LogP contribution in [0.1, 0.15) is 13.2 Å². The van der Waals surface area contributed by atoms with Crippen molar-refractivity contribution in [1.29, 1.82) is 0 Å². The van der Waals surface area contributed by atoms with Crippen LogP contribution in [0.15, 0.2) is 21.9 Å². The molecule has 0 saturated carbocycles. The second kappa shape index (κ2) is 4.30. The average molecular weight is 260 g/mol. The summed E-state index contributed by atoms with van der Waals surface area (Å²) in [7, 11) is 0. The standard InChI is InChI=1S/C10H13FN2O5/c1-10(17)7(15)5(4-11)18-8(10)13-3-2-6(14)12-9(13)16/h2-3,5,7-8,15,17H,4H2,1H3,(H,12,14,16)/t5-,7+,8+,10+/m0/s1. The van der Waals surface area contributed by atoms with Gasteiger partial charge in [0.15, 0.2) is 6.23 Å². The van der Waals surface area contributed by atoms with Crippen molar-refractivity contribution in [3.63, 3.8) is 0 Å². The topological polar surface area (TPSA) is 105 Å². The Labute approximate surface area is 100 Å². The molecular formula is C10H13FN2O5. The first-order valence-electron chi connectivity index (χ1n) is 5.31. The molecule has 8 heteroatoms. The Morgan fingerprint density at radius 3 is 2.78 bits per heavy atom. The second-order valence-corrected chi connectivity index (χ2v) is 4.37. The maximum atomic E-state index is 12.6. The summed E-state index contributed by atoms with van der Waals surface area (Å²) in [6.07, 6.45) is -2.83. The lowest BCUT2D eigenvalue weighted by molar-refractivity contribution is -0.0979. The van der Waals surface area contributed by atoms with Gasteiger partial charge in [-0.15, -0.1) is 0 Å². The van der Waals surface area contributed by atoms with Crippen LogP contribution < -0.4 is 11.2 Å². The molecule has 0 aromatic carbocycles. The summed E-state index contributed by atoms with van der Waals surface area (Å²) >= 11 is 0. The van der Waals surface area contributed by atoms with Crippen LogP contribution >= 0.6 is 0 Å². The monoisotopic (exact) mass is 260 g/mol. The number of ether oxygens (including phenoxy) is 1. The smallest absolute Gasteiger partial charge is 0.330 e. The molecular weight excluding hydrogens is 247 g/mol. The summed E-state index contributed by atoms with van der Waals surface area (Å²) in [4.78, 5) is 24.5. The molecule has 0 aliphatic carbocycles. The Bertz CT molecular complexity index is 552. The van der Waals surface area contributed by atoms with Crippen molar-refractivity contribution in [2.75, 3.05) is 6.67 Å². The minimum Gasteiger partial charge on any atom is -0.387 e. The van der Waals surface area contributed by atoms with Crippen molar-refractivity contribution in [3.05, 3.63) is 33.1 Å². The fourth-order valence-electron chi connectivity index (χ4n) is 1.98. The van der Waals surface area contributed by atoms with Crippen LogP contribution in [0.2, 0.25) is 0 Å². The summed E-state index contributed by atoms with van der Waals surface area (Å²) in [6.45, 7) is 0.238. The van der Waals surface area contributed by atoms with Crippen molar-refractivity contribution >= 4 is 0 Å². The van der Waals surface area contributed by atoms with Crippen LogP contribution in [0.5, 0.6) is 0 Å². The first-order valence-corrected chi connectivity index (χ1v) is 5.31. The number of rotatable bonds is 2. The van der Waals surface area contributed by atoms with Gasteiger partial charge in [0.05, 0.1) is 0 Å². The molecule has 1 saturated heterocycles. The first kappa shape index (κ1) is 12.9. The summed E-state index contributed by atoms with van der Waals surface area (Å²) in [6, 6.07) is 1.07. The predicted molar refractivity (Wildman–Crippen MR) is 57.8 cm³/mol. The van der Waals surface area contributed by atoms with E-state index in [0.717, 1.165) is 16.8 Å². The second-order valence-electron chi connectivity index (χ2n) is 4.37. The molecule has 2 heterocycles. The van der Waals surface area contributed by atoms with Gasteiger partial charge < -0.3 is 14.9 Å². The normalized spacial score (nSPS) is 35.9. The van der Waals surface area contributed by atoms with E-state index in [0.29, 0.717) is 0 Å². The van der Waals surface area contributed by atoms with Crippen molar-refractivity contribution in [3.8, 4) is 0 Å². The van der Waals surface area contributed by atoms with Gasteiger partial charge in [0.1, 0.15) is 24.5 Å². The van der Waals surface area contributed by atoms with Crippen LogP contribution in [-0.2, 0) is 4.74 Å². The number of aromatic amines is 1. The highest BCUT2D eigenvalue weighted by Gasteiger charge is 2.53. The highest BCUT2D eigenvalue weighted by molar-refractivity contribution is 5.00. The maximum absolute atomic E-state index is 12.6. The van der Waals surface area contributed by atoms with E-state index in [4.69, 9.17) is 4.74 Å². The fraction of sp³-hybridized carbons (Fsp3) is 0.600. The molecule has 3 N–H and O–H groups in total. The van der Waals surface area contributed by atoms with Gasteiger partial charge in [-0.05, 0) is 6.92 Å². The molecule has 0 radical (unpaired) electrons. The molecule has 0 spiro atoms. The van der Waals surface area contributed by atoms with Gasteiger partial charge in [-0.1, -0.05) is 0 Å². The molecule has 1 aromatic heterocycles. The number of hydrogen-bond donors (Lipinski definition) is 3. The van der Waals surface area contributed by atoms with E-state index in [9.17, 15) is 24.2 Å². The average Bonchev–Trinajstić information content (AvgIpc) is 2.52. The van der Waals surface area contributed by atoms with Crippen LogP contribution in [-0.4, -0.2) is 44.2 Å². The lowest BCUT2D eigenvalue weighted by Gasteiger charge is -2.27. The zero-order valence-electron chi connectivity index (χ0n) is 9.54. The number of aliphatic hydroxyl groups excluding tert-OH is 1. The van der Waals surface area contributed by atoms with Crippen LogP contribution in [0, 0.1) is 0 Å². The highest BCUT2D eigenvalue weighted by atomic mass is 19.1. The van der Waals surface area contributed by atoms with E-state index in [1.165, 1.54) is 6.92 Å². The number of nitrogens with one attached hydrogen (secondary N) is 1. The third-order valence-electron chi connectivity index (χ3n) is 3.01. The number of halogens is 1. The largest absolute Gasteiger partial charge is 0.387 e. The van der Waals surface area contributed by atoms with E-state index in [2.05, 4.69) is 0 Å². The molecule has 2 rings (SSSR count). The van der Waals surface area contributed by atoms with Crippen molar-refractivity contribution in [2.45, 2.75) is 31.0 Å². The molecule has 1 aliphatic heterocycles. The SMILES string of the molecule is C[C@@]1(O)[C@H](O)[C@H](CF)O[C@H]1n1ccc(=O)[nH]c1=O. The molecule has 18 heavy (non-hydrogen) atoms. The van der Waals surface area contributed by atoms with Crippen LogP contribution in [0.25, 0.3) is 0 Å². The van der Waals surface area contributed by atoms with E-state index in [1.807, 2.05) is 4.98 Å². The lowest BCUT2D eigenvalue weighted by atomic mass is 9.97. The Hall–Kier alpha value is -1.51.